The molecule has 3 aromatic heterocycles. The molecule has 3 heterocycles. The first-order valence-electron chi connectivity index (χ1n) is 8.50. The van der Waals surface area contributed by atoms with Gasteiger partial charge in [-0.25, -0.2) is 9.97 Å². The second-order valence-corrected chi connectivity index (χ2v) is 7.86. The molecule has 0 unspecified atom stereocenters. The van der Waals surface area contributed by atoms with Crippen LogP contribution < -0.4 is 0 Å². The third kappa shape index (κ3) is 2.78. The van der Waals surface area contributed by atoms with Crippen molar-refractivity contribution in [1.82, 2.24) is 24.1 Å². The third-order valence-corrected chi connectivity index (χ3v) is 4.67. The van der Waals surface area contributed by atoms with Gasteiger partial charge in [-0.3, -0.25) is 4.57 Å². The lowest BCUT2D eigenvalue weighted by atomic mass is 9.92. The summed E-state index contributed by atoms with van der Waals surface area (Å²) in [7, 11) is 0. The summed E-state index contributed by atoms with van der Waals surface area (Å²) in [6.45, 7) is 8.49. The van der Waals surface area contributed by atoms with Gasteiger partial charge in [0.25, 0.3) is 0 Å². The summed E-state index contributed by atoms with van der Waals surface area (Å²) in [4.78, 5) is 9.15. The van der Waals surface area contributed by atoms with Crippen LogP contribution in [-0.2, 0) is 5.41 Å². The number of imidazole rings is 1. The highest BCUT2D eigenvalue weighted by Crippen LogP contribution is 2.32. The van der Waals surface area contributed by atoms with Crippen molar-refractivity contribution in [1.29, 1.82) is 0 Å². The Morgan fingerprint density at radius 1 is 1.08 bits per heavy atom. The van der Waals surface area contributed by atoms with Gasteiger partial charge in [0.1, 0.15) is 12.1 Å². The lowest BCUT2D eigenvalue weighted by molar-refractivity contribution is 0.567. The Bertz CT molecular complexity index is 1070. The van der Waals surface area contributed by atoms with Gasteiger partial charge in [0.15, 0.2) is 5.65 Å². The summed E-state index contributed by atoms with van der Waals surface area (Å²) in [6.07, 6.45) is 5.46. The van der Waals surface area contributed by atoms with E-state index in [1.165, 1.54) is 0 Å². The van der Waals surface area contributed by atoms with E-state index < -0.39 is 0 Å². The highest BCUT2D eigenvalue weighted by molar-refractivity contribution is 6.30. The van der Waals surface area contributed by atoms with E-state index in [1.54, 1.807) is 12.5 Å². The zero-order valence-corrected chi connectivity index (χ0v) is 16.0. The van der Waals surface area contributed by atoms with Crippen LogP contribution >= 0.6 is 11.6 Å². The van der Waals surface area contributed by atoms with Crippen LogP contribution in [0.5, 0.6) is 0 Å². The molecular weight excluding hydrogens is 346 g/mol. The molecule has 0 amide bonds. The Morgan fingerprint density at radius 3 is 2.42 bits per heavy atom. The van der Waals surface area contributed by atoms with Crippen molar-refractivity contribution >= 4 is 17.2 Å². The molecule has 0 aliphatic carbocycles. The maximum atomic E-state index is 6.06. The Kier molecular flexibility index (Phi) is 3.84. The van der Waals surface area contributed by atoms with Gasteiger partial charge in [0.2, 0.25) is 0 Å². The van der Waals surface area contributed by atoms with Crippen molar-refractivity contribution in [3.05, 3.63) is 65.5 Å². The van der Waals surface area contributed by atoms with E-state index in [0.717, 1.165) is 34.0 Å². The van der Waals surface area contributed by atoms with E-state index in [0.29, 0.717) is 5.02 Å². The Morgan fingerprint density at radius 2 is 1.81 bits per heavy atom. The molecule has 26 heavy (non-hydrogen) atoms. The van der Waals surface area contributed by atoms with Crippen LogP contribution in [-0.4, -0.2) is 24.1 Å². The molecule has 6 heteroatoms. The lowest BCUT2D eigenvalue weighted by Gasteiger charge is -2.19. The first-order valence-corrected chi connectivity index (χ1v) is 8.87. The fourth-order valence-electron chi connectivity index (χ4n) is 3.03. The van der Waals surface area contributed by atoms with Gasteiger partial charge < -0.3 is 0 Å². The first-order chi connectivity index (χ1) is 12.3. The molecule has 4 rings (SSSR count). The number of hydrogen-bond donors (Lipinski definition) is 0. The SMILES string of the molecule is Cc1nn2c(-n3ccnc3)cc(C(C)(C)C)nc2c1-c1ccc(Cl)cc1. The van der Waals surface area contributed by atoms with E-state index >= 15 is 0 Å². The molecule has 0 fully saturated rings. The van der Waals surface area contributed by atoms with Crippen molar-refractivity contribution in [2.24, 2.45) is 0 Å². The molecule has 4 aromatic rings. The van der Waals surface area contributed by atoms with Gasteiger partial charge in [-0.1, -0.05) is 44.5 Å². The fourth-order valence-corrected chi connectivity index (χ4v) is 3.15. The Labute approximate surface area is 157 Å². The molecule has 0 bridgehead atoms. The summed E-state index contributed by atoms with van der Waals surface area (Å²) >= 11 is 6.06. The van der Waals surface area contributed by atoms with E-state index in [4.69, 9.17) is 21.7 Å². The van der Waals surface area contributed by atoms with Gasteiger partial charge in [-0.15, -0.1) is 0 Å². The summed E-state index contributed by atoms with van der Waals surface area (Å²) in [6, 6.07) is 9.88. The van der Waals surface area contributed by atoms with E-state index in [1.807, 2.05) is 46.5 Å². The molecule has 0 atom stereocenters. The van der Waals surface area contributed by atoms with E-state index in [9.17, 15) is 0 Å². The zero-order valence-electron chi connectivity index (χ0n) is 15.2. The number of hydrogen-bond acceptors (Lipinski definition) is 3. The number of aryl methyl sites for hydroxylation is 1. The quantitative estimate of drug-likeness (QED) is 0.510. The minimum absolute atomic E-state index is 0.0908. The maximum absolute atomic E-state index is 6.06. The van der Waals surface area contributed by atoms with Crippen LogP contribution in [0.4, 0.5) is 0 Å². The van der Waals surface area contributed by atoms with E-state index in [2.05, 4.69) is 31.8 Å². The maximum Gasteiger partial charge on any atom is 0.165 e. The molecule has 0 saturated heterocycles. The summed E-state index contributed by atoms with van der Waals surface area (Å²) in [5.41, 5.74) is 4.75. The smallest absolute Gasteiger partial charge is 0.165 e. The molecule has 0 N–H and O–H groups in total. The predicted molar refractivity (Wildman–Crippen MR) is 104 cm³/mol. The average molecular weight is 366 g/mol. The van der Waals surface area contributed by atoms with Crippen LogP contribution in [0.25, 0.3) is 22.6 Å². The lowest BCUT2D eigenvalue weighted by Crippen LogP contribution is -2.16. The van der Waals surface area contributed by atoms with Gasteiger partial charge in [0, 0.05) is 34.5 Å². The number of rotatable bonds is 2. The molecule has 5 nitrogen and oxygen atoms in total. The molecule has 0 radical (unpaired) electrons. The largest absolute Gasteiger partial charge is 0.290 e. The normalized spacial score (nSPS) is 12.0. The van der Waals surface area contributed by atoms with Crippen LogP contribution in [0.15, 0.2) is 49.1 Å². The average Bonchev–Trinajstić information content (AvgIpc) is 3.21. The van der Waals surface area contributed by atoms with Crippen molar-refractivity contribution in [3.8, 4) is 16.9 Å². The minimum Gasteiger partial charge on any atom is -0.290 e. The fraction of sp³-hybridized carbons (Fsp3) is 0.250. The number of fused-ring (bicyclic) bond motifs is 1. The van der Waals surface area contributed by atoms with Crippen LogP contribution in [0, 0.1) is 6.92 Å². The van der Waals surface area contributed by atoms with Crippen molar-refractivity contribution in [2.75, 3.05) is 0 Å². The first kappa shape index (κ1) is 16.8. The minimum atomic E-state index is -0.0908. The number of halogens is 1. The molecule has 0 spiro atoms. The topological polar surface area (TPSA) is 48.0 Å². The predicted octanol–water partition coefficient (Wildman–Crippen LogP) is 4.84. The second kappa shape index (κ2) is 5.95. The van der Waals surface area contributed by atoms with Crippen molar-refractivity contribution in [3.63, 3.8) is 0 Å². The van der Waals surface area contributed by atoms with E-state index in [-0.39, 0.29) is 5.41 Å². The molecule has 0 aliphatic heterocycles. The summed E-state index contributed by atoms with van der Waals surface area (Å²) in [5.74, 6) is 0.917. The van der Waals surface area contributed by atoms with Crippen LogP contribution in [0.3, 0.4) is 0 Å². The van der Waals surface area contributed by atoms with Gasteiger partial charge in [0.05, 0.1) is 11.4 Å². The summed E-state index contributed by atoms with van der Waals surface area (Å²) < 4.78 is 3.85. The summed E-state index contributed by atoms with van der Waals surface area (Å²) in [5, 5.41) is 5.48. The highest BCUT2D eigenvalue weighted by atomic mass is 35.5. The van der Waals surface area contributed by atoms with Gasteiger partial charge >= 0.3 is 0 Å². The number of benzene rings is 1. The van der Waals surface area contributed by atoms with Crippen molar-refractivity contribution < 1.29 is 0 Å². The molecule has 1 aromatic carbocycles. The zero-order chi connectivity index (χ0) is 18.5. The molecular formula is C20H20ClN5. The number of aromatic nitrogens is 5. The molecule has 0 aliphatic rings. The van der Waals surface area contributed by atoms with Gasteiger partial charge in [-0.2, -0.15) is 9.61 Å². The highest BCUT2D eigenvalue weighted by Gasteiger charge is 2.22. The Hall–Kier alpha value is -2.66. The third-order valence-electron chi connectivity index (χ3n) is 4.42. The monoisotopic (exact) mass is 365 g/mol. The van der Waals surface area contributed by atoms with Crippen molar-refractivity contribution in [2.45, 2.75) is 33.1 Å². The standard InChI is InChI=1S/C20H20ClN5/c1-13-18(14-5-7-15(21)8-6-14)19-23-16(20(2,3)4)11-17(26(19)24-13)25-10-9-22-12-25/h5-12H,1-4H3. The number of nitrogens with zero attached hydrogens (tertiary/aromatic N) is 5. The molecule has 0 saturated carbocycles. The van der Waals surface area contributed by atoms with Crippen LogP contribution in [0.2, 0.25) is 5.02 Å². The second-order valence-electron chi connectivity index (χ2n) is 7.42. The van der Waals surface area contributed by atoms with Gasteiger partial charge in [-0.05, 0) is 24.6 Å². The van der Waals surface area contributed by atoms with Crippen LogP contribution in [0.1, 0.15) is 32.2 Å². The Balaban J connectivity index is 2.07. The molecule has 132 valence electrons.